The van der Waals surface area contributed by atoms with Crippen LogP contribution in [0.2, 0.25) is 0 Å². The van der Waals surface area contributed by atoms with Crippen molar-refractivity contribution in [2.75, 3.05) is 26.2 Å². The number of para-hydroxylation sites is 1. The predicted molar refractivity (Wildman–Crippen MR) is 110 cm³/mol. The van der Waals surface area contributed by atoms with Crippen molar-refractivity contribution in [3.8, 4) is 0 Å². The molecule has 0 atom stereocenters. The van der Waals surface area contributed by atoms with E-state index < -0.39 is 5.60 Å². The van der Waals surface area contributed by atoms with Crippen LogP contribution >= 0.6 is 0 Å². The Balaban J connectivity index is 1.57. The van der Waals surface area contributed by atoms with Crippen LogP contribution in [0.15, 0.2) is 30.3 Å². The third kappa shape index (κ3) is 4.86. The molecule has 1 N–H and O–H groups in total. The average molecular weight is 386 g/mol. The molecule has 1 aliphatic rings. The smallest absolute Gasteiger partial charge is 0.410 e. The minimum Gasteiger partial charge on any atom is -0.444 e. The molecular weight excluding hydrogens is 354 g/mol. The topological polar surface area (TPSA) is 65.6 Å². The maximum atomic E-state index is 13.0. The molecule has 0 saturated carbocycles. The number of aromatic nitrogens is 1. The van der Waals surface area contributed by atoms with Crippen LogP contribution in [0.25, 0.3) is 10.9 Å². The van der Waals surface area contributed by atoms with Crippen molar-refractivity contribution in [3.05, 3.63) is 36.0 Å². The summed E-state index contributed by atoms with van der Waals surface area (Å²) in [5.74, 6) is 0.431. The second-order valence-electron chi connectivity index (χ2n) is 8.52. The fourth-order valence-electron chi connectivity index (χ4n) is 3.65. The number of hydrogen-bond acceptors (Lipinski definition) is 3. The van der Waals surface area contributed by atoms with Crippen molar-refractivity contribution in [2.24, 2.45) is 5.92 Å². The van der Waals surface area contributed by atoms with Gasteiger partial charge in [-0.15, -0.1) is 0 Å². The molecule has 6 heteroatoms. The number of benzene rings is 1. The van der Waals surface area contributed by atoms with E-state index in [0.717, 1.165) is 23.7 Å². The van der Waals surface area contributed by atoms with E-state index in [4.69, 9.17) is 4.74 Å². The molecule has 152 valence electrons. The number of carbonyl (C=O) groups excluding carboxylic acids is 2. The summed E-state index contributed by atoms with van der Waals surface area (Å²) in [6.45, 7) is 10.4. The van der Waals surface area contributed by atoms with Gasteiger partial charge in [0.1, 0.15) is 11.3 Å². The first kappa shape index (κ1) is 20.2. The summed E-state index contributed by atoms with van der Waals surface area (Å²) in [6.07, 6.45) is 1.53. The molecule has 1 aliphatic heterocycles. The van der Waals surface area contributed by atoms with Crippen LogP contribution < -0.4 is 0 Å². The number of fused-ring (bicyclic) bond motifs is 1. The lowest BCUT2D eigenvalue weighted by atomic mass is 9.96. The summed E-state index contributed by atoms with van der Waals surface area (Å²) in [7, 11) is 0. The molecule has 0 radical (unpaired) electrons. The Morgan fingerprint density at radius 2 is 1.89 bits per heavy atom. The largest absolute Gasteiger partial charge is 0.444 e. The molecule has 2 amide bonds. The van der Waals surface area contributed by atoms with E-state index in [9.17, 15) is 9.59 Å². The number of hydrogen-bond donors (Lipinski definition) is 1. The number of nitrogens with zero attached hydrogens (tertiary/aromatic N) is 2. The quantitative estimate of drug-likeness (QED) is 0.854. The molecular formula is C22H31N3O3. The van der Waals surface area contributed by atoms with Gasteiger partial charge in [0.15, 0.2) is 0 Å². The lowest BCUT2D eigenvalue weighted by Gasteiger charge is -2.35. The third-order valence-electron chi connectivity index (χ3n) is 5.17. The SMILES string of the molecule is CCN(CC1CCN(C(=O)OC(C)(C)C)CC1)C(=O)c1cc2ccccc2[nH]1. The zero-order valence-electron chi connectivity index (χ0n) is 17.3. The van der Waals surface area contributed by atoms with Crippen LogP contribution in [-0.4, -0.2) is 58.6 Å². The van der Waals surface area contributed by atoms with Crippen LogP contribution in [0.4, 0.5) is 4.79 Å². The Morgan fingerprint density at radius 1 is 1.21 bits per heavy atom. The monoisotopic (exact) mass is 385 g/mol. The summed E-state index contributed by atoms with van der Waals surface area (Å²) in [5, 5.41) is 1.05. The van der Waals surface area contributed by atoms with Gasteiger partial charge in [-0.05, 0) is 58.6 Å². The van der Waals surface area contributed by atoms with Crippen molar-refractivity contribution >= 4 is 22.9 Å². The fraction of sp³-hybridized carbons (Fsp3) is 0.545. The highest BCUT2D eigenvalue weighted by Crippen LogP contribution is 2.22. The van der Waals surface area contributed by atoms with Crippen molar-refractivity contribution in [2.45, 2.75) is 46.1 Å². The standard InChI is InChI=1S/C22H31N3O3/c1-5-24(20(26)19-14-17-8-6-7-9-18(17)23-19)15-16-10-12-25(13-11-16)21(27)28-22(2,3)4/h6-9,14,16,23H,5,10-13,15H2,1-4H3. The van der Waals surface area contributed by atoms with E-state index in [2.05, 4.69) is 4.98 Å². The Hall–Kier alpha value is -2.50. The maximum absolute atomic E-state index is 13.0. The van der Waals surface area contributed by atoms with Gasteiger partial charge in [0.25, 0.3) is 5.91 Å². The van der Waals surface area contributed by atoms with E-state index in [1.807, 2.05) is 62.9 Å². The molecule has 0 spiro atoms. The van der Waals surface area contributed by atoms with Crippen molar-refractivity contribution in [1.82, 2.24) is 14.8 Å². The van der Waals surface area contributed by atoms with Crippen molar-refractivity contribution in [3.63, 3.8) is 0 Å². The Morgan fingerprint density at radius 3 is 2.50 bits per heavy atom. The molecule has 1 saturated heterocycles. The van der Waals surface area contributed by atoms with Crippen LogP contribution in [0.1, 0.15) is 51.0 Å². The summed E-state index contributed by atoms with van der Waals surface area (Å²) in [5.41, 5.74) is 1.14. The van der Waals surface area contributed by atoms with Gasteiger partial charge in [0.05, 0.1) is 0 Å². The zero-order valence-corrected chi connectivity index (χ0v) is 17.3. The molecule has 0 unspecified atom stereocenters. The van der Waals surface area contributed by atoms with Crippen molar-refractivity contribution < 1.29 is 14.3 Å². The number of piperidine rings is 1. The lowest BCUT2D eigenvalue weighted by molar-refractivity contribution is 0.0167. The number of rotatable bonds is 4. The first-order valence-electron chi connectivity index (χ1n) is 10.1. The number of likely N-dealkylation sites (tertiary alicyclic amines) is 1. The summed E-state index contributed by atoms with van der Waals surface area (Å²) >= 11 is 0. The van der Waals surface area contributed by atoms with Gasteiger partial charge >= 0.3 is 6.09 Å². The minimum atomic E-state index is -0.473. The van der Waals surface area contributed by atoms with E-state index in [1.54, 1.807) is 4.90 Å². The highest BCUT2D eigenvalue weighted by Gasteiger charge is 2.28. The van der Waals surface area contributed by atoms with Crippen LogP contribution in [0, 0.1) is 5.92 Å². The number of nitrogens with one attached hydrogen (secondary N) is 1. The van der Waals surface area contributed by atoms with Gasteiger partial charge in [-0.1, -0.05) is 18.2 Å². The molecule has 1 aromatic carbocycles. The Kier molecular flexibility index (Phi) is 5.96. The number of aromatic amines is 1. The molecule has 0 bridgehead atoms. The number of amides is 2. The van der Waals surface area contributed by atoms with Crippen LogP contribution in [-0.2, 0) is 4.74 Å². The molecule has 1 aromatic heterocycles. The molecule has 1 fully saturated rings. The summed E-state index contributed by atoms with van der Waals surface area (Å²) < 4.78 is 5.46. The fourth-order valence-corrected chi connectivity index (χ4v) is 3.65. The molecule has 3 rings (SSSR count). The van der Waals surface area contributed by atoms with E-state index in [1.165, 1.54) is 0 Å². The van der Waals surface area contributed by atoms with Gasteiger partial charge in [-0.3, -0.25) is 4.79 Å². The second-order valence-corrected chi connectivity index (χ2v) is 8.52. The van der Waals surface area contributed by atoms with E-state index in [0.29, 0.717) is 37.8 Å². The zero-order chi connectivity index (χ0) is 20.3. The average Bonchev–Trinajstić information content (AvgIpc) is 3.09. The maximum Gasteiger partial charge on any atom is 0.410 e. The molecule has 6 nitrogen and oxygen atoms in total. The molecule has 0 aliphatic carbocycles. The number of ether oxygens (including phenoxy) is 1. The molecule has 2 heterocycles. The highest BCUT2D eigenvalue weighted by atomic mass is 16.6. The van der Waals surface area contributed by atoms with Gasteiger partial charge in [-0.2, -0.15) is 0 Å². The van der Waals surface area contributed by atoms with Gasteiger partial charge in [0, 0.05) is 37.1 Å². The normalized spacial score (nSPS) is 15.6. The lowest BCUT2D eigenvalue weighted by Crippen LogP contribution is -2.44. The second kappa shape index (κ2) is 8.25. The van der Waals surface area contributed by atoms with E-state index in [-0.39, 0.29) is 12.0 Å². The van der Waals surface area contributed by atoms with Gasteiger partial charge < -0.3 is 19.5 Å². The Labute approximate surface area is 166 Å². The third-order valence-corrected chi connectivity index (χ3v) is 5.17. The van der Waals surface area contributed by atoms with Crippen LogP contribution in [0.5, 0.6) is 0 Å². The summed E-state index contributed by atoms with van der Waals surface area (Å²) in [6, 6.07) is 9.84. The minimum absolute atomic E-state index is 0.0354. The van der Waals surface area contributed by atoms with E-state index >= 15 is 0 Å². The van der Waals surface area contributed by atoms with Gasteiger partial charge in [0.2, 0.25) is 0 Å². The first-order chi connectivity index (χ1) is 13.3. The number of H-pyrrole nitrogens is 1. The molecule has 2 aromatic rings. The number of carbonyl (C=O) groups is 2. The molecule has 28 heavy (non-hydrogen) atoms. The first-order valence-corrected chi connectivity index (χ1v) is 10.1. The van der Waals surface area contributed by atoms with Crippen molar-refractivity contribution in [1.29, 1.82) is 0 Å². The van der Waals surface area contributed by atoms with Crippen LogP contribution in [0.3, 0.4) is 0 Å². The Bertz CT molecular complexity index is 796. The van der Waals surface area contributed by atoms with Gasteiger partial charge in [-0.25, -0.2) is 4.79 Å². The summed E-state index contributed by atoms with van der Waals surface area (Å²) in [4.78, 5) is 32.1. The predicted octanol–water partition coefficient (Wildman–Crippen LogP) is 4.28. The highest BCUT2D eigenvalue weighted by molar-refractivity contribution is 5.98.